The van der Waals surface area contributed by atoms with Gasteiger partial charge in [0.15, 0.2) is 0 Å². The Balaban J connectivity index is 1.03. The van der Waals surface area contributed by atoms with Gasteiger partial charge in [-0.1, -0.05) is 0 Å². The Labute approximate surface area is 263 Å². The van der Waals surface area contributed by atoms with Crippen molar-refractivity contribution in [3.8, 4) is 0 Å². The van der Waals surface area contributed by atoms with Crippen LogP contribution in [0, 0.1) is 13.8 Å². The lowest BCUT2D eigenvalue weighted by Crippen LogP contribution is -2.48. The first-order valence-corrected chi connectivity index (χ1v) is 15.4. The standard InChI is InChI=1S/C33H33N5O6S/c1-18-9-25-26(10-19(18)2)34-15-23-14-24(7-8-38(23)32(25)41)44-17-30(39)35-22-13-27(37(3)16-22)31(40)36-21-5-6-28-20(11-21)12-29(45-28)33(42)43-4/h5-6,9-13,15-16,23-24H,7-8,14,17H2,1-4H3,(H,35,39)(H,36,40)/t23-,24+/m0/s1. The molecule has 2 aromatic carbocycles. The molecule has 1 fully saturated rings. The lowest BCUT2D eigenvalue weighted by Gasteiger charge is -2.36. The molecule has 11 nitrogen and oxygen atoms in total. The van der Waals surface area contributed by atoms with Crippen LogP contribution < -0.4 is 10.6 Å². The van der Waals surface area contributed by atoms with Crippen molar-refractivity contribution < 1.29 is 28.7 Å². The molecule has 45 heavy (non-hydrogen) atoms. The molecule has 6 rings (SSSR count). The summed E-state index contributed by atoms with van der Waals surface area (Å²) in [5, 5.41) is 6.49. The minimum atomic E-state index is -0.405. The maximum Gasteiger partial charge on any atom is 0.348 e. The number of anilines is 2. The molecule has 232 valence electrons. The number of ether oxygens (including phenoxy) is 2. The maximum absolute atomic E-state index is 13.3. The van der Waals surface area contributed by atoms with Crippen LogP contribution in [0.3, 0.4) is 0 Å². The quantitative estimate of drug-likeness (QED) is 0.270. The van der Waals surface area contributed by atoms with E-state index in [2.05, 4.69) is 15.6 Å². The molecule has 12 heteroatoms. The third-order valence-electron chi connectivity index (χ3n) is 8.22. The number of piperidine rings is 1. The number of aromatic nitrogens is 1. The minimum absolute atomic E-state index is 0.0320. The number of amides is 3. The molecular weight excluding hydrogens is 594 g/mol. The molecule has 1 saturated heterocycles. The molecule has 0 aliphatic carbocycles. The zero-order valence-corrected chi connectivity index (χ0v) is 26.2. The first-order chi connectivity index (χ1) is 21.6. The summed E-state index contributed by atoms with van der Waals surface area (Å²) in [4.78, 5) is 57.9. The number of methoxy groups -OCH3 is 1. The van der Waals surface area contributed by atoms with Crippen molar-refractivity contribution in [2.24, 2.45) is 12.0 Å². The number of nitrogens with one attached hydrogen (secondary N) is 2. The first kappa shape index (κ1) is 30.2. The van der Waals surface area contributed by atoms with Gasteiger partial charge in [0.1, 0.15) is 17.2 Å². The number of nitrogens with zero attached hydrogens (tertiary/aromatic N) is 3. The zero-order valence-electron chi connectivity index (χ0n) is 25.4. The fourth-order valence-electron chi connectivity index (χ4n) is 5.67. The summed E-state index contributed by atoms with van der Waals surface area (Å²) >= 11 is 1.32. The molecule has 0 bridgehead atoms. The van der Waals surface area contributed by atoms with Gasteiger partial charge < -0.3 is 29.6 Å². The van der Waals surface area contributed by atoms with Crippen LogP contribution >= 0.6 is 11.3 Å². The highest BCUT2D eigenvalue weighted by atomic mass is 32.1. The van der Waals surface area contributed by atoms with E-state index in [0.29, 0.717) is 52.6 Å². The molecule has 2 N–H and O–H groups in total. The molecule has 2 aliphatic heterocycles. The highest BCUT2D eigenvalue weighted by Crippen LogP contribution is 2.32. The van der Waals surface area contributed by atoms with Crippen LogP contribution in [0.5, 0.6) is 0 Å². The second kappa shape index (κ2) is 12.3. The molecule has 0 spiro atoms. The number of fused-ring (bicyclic) bond motifs is 3. The normalized spacial score (nSPS) is 17.4. The van der Waals surface area contributed by atoms with Gasteiger partial charge in [-0.15, -0.1) is 11.3 Å². The van der Waals surface area contributed by atoms with Crippen molar-refractivity contribution in [3.63, 3.8) is 0 Å². The molecule has 4 heterocycles. The van der Waals surface area contributed by atoms with Crippen molar-refractivity contribution in [2.45, 2.75) is 38.8 Å². The predicted molar refractivity (Wildman–Crippen MR) is 173 cm³/mol. The van der Waals surface area contributed by atoms with Gasteiger partial charge in [0.25, 0.3) is 11.8 Å². The van der Waals surface area contributed by atoms with Crippen molar-refractivity contribution in [1.29, 1.82) is 0 Å². The van der Waals surface area contributed by atoms with Crippen LogP contribution in [-0.2, 0) is 21.3 Å². The van der Waals surface area contributed by atoms with Crippen LogP contribution in [0.1, 0.15) is 54.5 Å². The summed E-state index contributed by atoms with van der Waals surface area (Å²) in [5.41, 5.74) is 4.83. The third-order valence-corrected chi connectivity index (χ3v) is 9.31. The van der Waals surface area contributed by atoms with E-state index in [1.54, 1.807) is 42.1 Å². The Morgan fingerprint density at radius 3 is 2.64 bits per heavy atom. The van der Waals surface area contributed by atoms with E-state index in [-0.39, 0.29) is 36.5 Å². The van der Waals surface area contributed by atoms with Gasteiger partial charge in [-0.25, -0.2) is 4.79 Å². The Morgan fingerprint density at radius 1 is 1.04 bits per heavy atom. The zero-order chi connectivity index (χ0) is 31.8. The average molecular weight is 628 g/mol. The van der Waals surface area contributed by atoms with E-state index < -0.39 is 5.97 Å². The summed E-state index contributed by atoms with van der Waals surface area (Å²) in [6.07, 6.45) is 4.42. The lowest BCUT2D eigenvalue weighted by molar-refractivity contribution is -0.123. The summed E-state index contributed by atoms with van der Waals surface area (Å²) < 4.78 is 13.3. The summed E-state index contributed by atoms with van der Waals surface area (Å²) in [6.45, 7) is 4.34. The second-order valence-electron chi connectivity index (χ2n) is 11.3. The molecule has 0 unspecified atom stereocenters. The number of hydrogen-bond acceptors (Lipinski definition) is 8. The summed E-state index contributed by atoms with van der Waals surface area (Å²) in [7, 11) is 3.06. The van der Waals surface area contributed by atoms with Gasteiger partial charge in [-0.3, -0.25) is 19.4 Å². The van der Waals surface area contributed by atoms with Crippen LogP contribution in [0.15, 0.2) is 53.7 Å². The van der Waals surface area contributed by atoms with Gasteiger partial charge >= 0.3 is 5.97 Å². The SMILES string of the molecule is COC(=O)c1cc2cc(NC(=O)c3cc(NC(=O)CO[C@@H]4CCN5C(=O)c6cc(C)c(C)cc6N=C[C@@H]5C4)cn3C)ccc2s1. The Morgan fingerprint density at radius 2 is 1.84 bits per heavy atom. The minimum Gasteiger partial charge on any atom is -0.465 e. The van der Waals surface area contributed by atoms with E-state index in [1.807, 2.05) is 43.2 Å². The fourth-order valence-corrected chi connectivity index (χ4v) is 6.64. The van der Waals surface area contributed by atoms with Gasteiger partial charge in [-0.05, 0) is 85.7 Å². The molecule has 2 aromatic heterocycles. The molecule has 0 saturated carbocycles. The Kier molecular flexibility index (Phi) is 8.26. The van der Waals surface area contributed by atoms with Gasteiger partial charge in [0.2, 0.25) is 5.91 Å². The van der Waals surface area contributed by atoms with E-state index in [0.717, 1.165) is 21.2 Å². The average Bonchev–Trinajstić information content (AvgIpc) is 3.58. The van der Waals surface area contributed by atoms with Crippen LogP contribution in [0.25, 0.3) is 10.1 Å². The second-order valence-corrected chi connectivity index (χ2v) is 12.4. The van der Waals surface area contributed by atoms with Crippen molar-refractivity contribution in [3.05, 3.63) is 75.9 Å². The van der Waals surface area contributed by atoms with Gasteiger partial charge in [0.05, 0.1) is 36.2 Å². The number of esters is 1. The number of rotatable bonds is 7. The molecule has 2 aliphatic rings. The van der Waals surface area contributed by atoms with Gasteiger partial charge in [0, 0.05) is 36.4 Å². The first-order valence-electron chi connectivity index (χ1n) is 14.6. The summed E-state index contributed by atoms with van der Waals surface area (Å²) in [6, 6.07) is 12.4. The Hall–Kier alpha value is -4.81. The van der Waals surface area contributed by atoms with Crippen LogP contribution in [0.4, 0.5) is 17.1 Å². The van der Waals surface area contributed by atoms with Crippen molar-refractivity contribution >= 4 is 68.4 Å². The number of benzene rings is 2. The van der Waals surface area contributed by atoms with Crippen LogP contribution in [0.2, 0.25) is 0 Å². The number of thiophene rings is 1. The molecule has 3 amide bonds. The van der Waals surface area contributed by atoms with E-state index in [9.17, 15) is 19.2 Å². The smallest absolute Gasteiger partial charge is 0.348 e. The van der Waals surface area contributed by atoms with Gasteiger partial charge in [-0.2, -0.15) is 0 Å². The maximum atomic E-state index is 13.3. The molecule has 4 aromatic rings. The van der Waals surface area contributed by atoms with Crippen LogP contribution in [-0.4, -0.2) is 71.8 Å². The number of hydrogen-bond donors (Lipinski definition) is 2. The van der Waals surface area contributed by atoms with E-state index in [1.165, 1.54) is 18.4 Å². The highest BCUT2D eigenvalue weighted by molar-refractivity contribution is 7.20. The van der Waals surface area contributed by atoms with Crippen molar-refractivity contribution in [2.75, 3.05) is 30.9 Å². The number of carbonyl (C=O) groups excluding carboxylic acids is 4. The lowest BCUT2D eigenvalue weighted by atomic mass is 9.98. The van der Waals surface area contributed by atoms with Crippen molar-refractivity contribution in [1.82, 2.24) is 9.47 Å². The Bertz CT molecular complexity index is 1870. The molecule has 2 atom stereocenters. The predicted octanol–water partition coefficient (Wildman–Crippen LogP) is 5.24. The topological polar surface area (TPSA) is 131 Å². The fraction of sp³-hybridized carbons (Fsp3) is 0.303. The number of aliphatic imine (C=N–C) groups is 1. The number of carbonyl (C=O) groups is 4. The highest BCUT2D eigenvalue weighted by Gasteiger charge is 2.34. The number of aryl methyl sites for hydroxylation is 3. The monoisotopic (exact) mass is 627 g/mol. The molecule has 0 radical (unpaired) electrons. The van der Waals surface area contributed by atoms with E-state index in [4.69, 9.17) is 9.47 Å². The molecular formula is C33H33N5O6S. The summed E-state index contributed by atoms with van der Waals surface area (Å²) in [5.74, 6) is -1.13. The largest absolute Gasteiger partial charge is 0.465 e. The van der Waals surface area contributed by atoms with E-state index >= 15 is 0 Å². The third kappa shape index (κ3) is 6.24.